The quantitative estimate of drug-likeness (QED) is 0.291. The Balaban J connectivity index is 1.74. The van der Waals surface area contributed by atoms with E-state index in [1.54, 1.807) is 0 Å². The summed E-state index contributed by atoms with van der Waals surface area (Å²) in [6, 6.07) is 0. The Morgan fingerprint density at radius 2 is 2.06 bits per heavy atom. The van der Waals surface area contributed by atoms with Crippen LogP contribution in [0.3, 0.4) is 0 Å². The van der Waals surface area contributed by atoms with Crippen LogP contribution >= 0.6 is 0 Å². The lowest BCUT2D eigenvalue weighted by molar-refractivity contribution is -0.124. The van der Waals surface area contributed by atoms with Crippen molar-refractivity contribution in [2.24, 2.45) is 22.2 Å². The molecule has 2 fully saturated rings. The van der Waals surface area contributed by atoms with Crippen LogP contribution in [0.1, 0.15) is 44.9 Å². The summed E-state index contributed by atoms with van der Waals surface area (Å²) < 4.78 is 0. The minimum Gasteiger partial charge on any atom is -0.409 e. The molecule has 0 saturated heterocycles. The van der Waals surface area contributed by atoms with E-state index in [1.165, 1.54) is 25.7 Å². The molecule has 5 heteroatoms. The summed E-state index contributed by atoms with van der Waals surface area (Å²) in [6.07, 6.45) is 7.68. The summed E-state index contributed by atoms with van der Waals surface area (Å²) in [5.41, 5.74) is 4.84. The van der Waals surface area contributed by atoms with Crippen molar-refractivity contribution in [2.45, 2.75) is 44.9 Å². The molecule has 0 bridgehead atoms. The highest BCUT2D eigenvalue weighted by molar-refractivity contribution is 6.09. The molecule has 5 nitrogen and oxygen atoms in total. The van der Waals surface area contributed by atoms with E-state index in [1.807, 2.05) is 0 Å². The van der Waals surface area contributed by atoms with Crippen LogP contribution in [0, 0.1) is 11.3 Å². The third-order valence-corrected chi connectivity index (χ3v) is 4.10. The molecule has 0 aromatic carbocycles. The number of nitrogens with two attached hydrogens (primary N) is 1. The van der Waals surface area contributed by atoms with E-state index >= 15 is 0 Å². The molecule has 0 aromatic rings. The fourth-order valence-corrected chi connectivity index (χ4v) is 2.68. The number of oxime groups is 1. The summed E-state index contributed by atoms with van der Waals surface area (Å²) in [5, 5.41) is 14.5. The zero-order chi connectivity index (χ0) is 12.3. The number of nitrogens with zero attached hydrogens (tertiary/aromatic N) is 1. The van der Waals surface area contributed by atoms with Gasteiger partial charge in [0.15, 0.2) is 5.84 Å². The average Bonchev–Trinajstić information content (AvgIpc) is 3.00. The molecule has 1 amide bonds. The number of hydrogen-bond acceptors (Lipinski definition) is 3. The molecular formula is C12H21N3O2. The second-order valence-corrected chi connectivity index (χ2v) is 5.26. The molecule has 96 valence electrons. The first kappa shape index (κ1) is 12.2. The van der Waals surface area contributed by atoms with E-state index in [4.69, 9.17) is 10.9 Å². The van der Waals surface area contributed by atoms with Crippen molar-refractivity contribution < 1.29 is 10.0 Å². The number of carbonyl (C=O) groups is 1. The normalized spacial score (nSPS) is 23.6. The smallest absolute Gasteiger partial charge is 0.233 e. The molecule has 2 aliphatic carbocycles. The van der Waals surface area contributed by atoms with Crippen molar-refractivity contribution in [3.63, 3.8) is 0 Å². The average molecular weight is 239 g/mol. The molecule has 4 N–H and O–H groups in total. The van der Waals surface area contributed by atoms with E-state index in [-0.39, 0.29) is 11.7 Å². The van der Waals surface area contributed by atoms with E-state index in [9.17, 15) is 4.79 Å². The summed E-state index contributed by atoms with van der Waals surface area (Å²) in [7, 11) is 0. The number of amides is 1. The van der Waals surface area contributed by atoms with Gasteiger partial charge in [-0.15, -0.1) is 0 Å². The molecule has 2 saturated carbocycles. The van der Waals surface area contributed by atoms with Gasteiger partial charge in [-0.05, 0) is 25.2 Å². The molecule has 0 atom stereocenters. The predicted molar refractivity (Wildman–Crippen MR) is 64.7 cm³/mol. The number of nitrogens with one attached hydrogen (secondary N) is 1. The fourth-order valence-electron chi connectivity index (χ4n) is 2.68. The van der Waals surface area contributed by atoms with Gasteiger partial charge < -0.3 is 16.3 Å². The van der Waals surface area contributed by atoms with Gasteiger partial charge in [0.05, 0.1) is 0 Å². The Hall–Kier alpha value is -1.26. The van der Waals surface area contributed by atoms with Crippen LogP contribution in [-0.2, 0) is 4.79 Å². The lowest BCUT2D eigenvalue weighted by Gasteiger charge is -2.15. The number of hydrogen-bond donors (Lipinski definition) is 3. The van der Waals surface area contributed by atoms with Crippen LogP contribution in [0.25, 0.3) is 0 Å². The molecule has 0 spiro atoms. The summed E-state index contributed by atoms with van der Waals surface area (Å²) in [6.45, 7) is 0.712. The van der Waals surface area contributed by atoms with Crippen LogP contribution in [0.4, 0.5) is 0 Å². The first-order valence-electron chi connectivity index (χ1n) is 6.45. The van der Waals surface area contributed by atoms with Crippen LogP contribution in [0.5, 0.6) is 0 Å². The monoisotopic (exact) mass is 239 g/mol. The van der Waals surface area contributed by atoms with Gasteiger partial charge in [0.2, 0.25) is 5.91 Å². The van der Waals surface area contributed by atoms with Gasteiger partial charge in [-0.3, -0.25) is 4.79 Å². The Kier molecular flexibility index (Phi) is 3.54. The Morgan fingerprint density at radius 3 is 2.59 bits per heavy atom. The lowest BCUT2D eigenvalue weighted by atomic mass is 10.0. The number of rotatable bonds is 5. The molecule has 2 aliphatic rings. The van der Waals surface area contributed by atoms with E-state index in [0.717, 1.165) is 12.3 Å². The third kappa shape index (κ3) is 2.53. The Morgan fingerprint density at radius 1 is 1.41 bits per heavy atom. The molecule has 0 aliphatic heterocycles. The maximum Gasteiger partial charge on any atom is 0.233 e. The Labute approximate surface area is 101 Å². The number of carbonyl (C=O) groups excluding carboxylic acids is 1. The molecule has 0 heterocycles. The van der Waals surface area contributed by atoms with Crippen molar-refractivity contribution in [1.29, 1.82) is 0 Å². The van der Waals surface area contributed by atoms with Crippen molar-refractivity contribution >= 4 is 11.7 Å². The maximum absolute atomic E-state index is 11.9. The standard InChI is InChI=1S/C12H21N3O2/c13-10(15-17)12(6-7-12)11(16)14-8-5-9-3-1-2-4-9/h9,17H,1-8H2,(H2,13,15)(H,14,16). The first-order valence-corrected chi connectivity index (χ1v) is 6.45. The second kappa shape index (κ2) is 4.94. The molecule has 0 aromatic heterocycles. The highest BCUT2D eigenvalue weighted by Crippen LogP contribution is 2.46. The van der Waals surface area contributed by atoms with E-state index in [0.29, 0.717) is 19.4 Å². The minimum atomic E-state index is -0.704. The molecule has 17 heavy (non-hydrogen) atoms. The van der Waals surface area contributed by atoms with Gasteiger partial charge in [0.1, 0.15) is 5.41 Å². The van der Waals surface area contributed by atoms with Crippen LogP contribution < -0.4 is 11.1 Å². The molecule has 0 unspecified atom stereocenters. The van der Waals surface area contributed by atoms with Gasteiger partial charge in [0, 0.05) is 6.54 Å². The minimum absolute atomic E-state index is 0.0517. The predicted octanol–water partition coefficient (Wildman–Crippen LogP) is 1.21. The highest BCUT2D eigenvalue weighted by atomic mass is 16.4. The van der Waals surface area contributed by atoms with Crippen LogP contribution in [-0.4, -0.2) is 23.5 Å². The SMILES string of the molecule is NC(=NO)C1(C(=O)NCCC2CCCC2)CC1. The topological polar surface area (TPSA) is 87.7 Å². The van der Waals surface area contributed by atoms with Crippen LogP contribution in [0.15, 0.2) is 5.16 Å². The van der Waals surface area contributed by atoms with Gasteiger partial charge in [0.25, 0.3) is 0 Å². The molecule has 0 radical (unpaired) electrons. The van der Waals surface area contributed by atoms with Crippen molar-refractivity contribution in [3.05, 3.63) is 0 Å². The van der Waals surface area contributed by atoms with E-state index in [2.05, 4.69) is 10.5 Å². The fraction of sp³-hybridized carbons (Fsp3) is 0.833. The van der Waals surface area contributed by atoms with Crippen LogP contribution in [0.2, 0.25) is 0 Å². The summed E-state index contributed by atoms with van der Waals surface area (Å²) in [5.74, 6) is 0.746. The Bertz CT molecular complexity index is 318. The summed E-state index contributed by atoms with van der Waals surface area (Å²) in [4.78, 5) is 11.9. The molecule has 2 rings (SSSR count). The van der Waals surface area contributed by atoms with Gasteiger partial charge in [-0.2, -0.15) is 0 Å². The van der Waals surface area contributed by atoms with Crippen molar-refractivity contribution in [3.8, 4) is 0 Å². The first-order chi connectivity index (χ1) is 8.19. The largest absolute Gasteiger partial charge is 0.409 e. The zero-order valence-electron chi connectivity index (χ0n) is 10.1. The van der Waals surface area contributed by atoms with Crippen molar-refractivity contribution in [2.75, 3.05) is 6.54 Å². The van der Waals surface area contributed by atoms with Gasteiger partial charge >= 0.3 is 0 Å². The maximum atomic E-state index is 11.9. The molecular weight excluding hydrogens is 218 g/mol. The second-order valence-electron chi connectivity index (χ2n) is 5.26. The number of amidine groups is 1. The van der Waals surface area contributed by atoms with E-state index < -0.39 is 5.41 Å². The van der Waals surface area contributed by atoms with Crippen molar-refractivity contribution in [1.82, 2.24) is 5.32 Å². The lowest BCUT2D eigenvalue weighted by Crippen LogP contribution is -2.41. The summed E-state index contributed by atoms with van der Waals surface area (Å²) >= 11 is 0. The zero-order valence-corrected chi connectivity index (χ0v) is 10.1. The van der Waals surface area contributed by atoms with Gasteiger partial charge in [-0.25, -0.2) is 0 Å². The highest BCUT2D eigenvalue weighted by Gasteiger charge is 2.54. The van der Waals surface area contributed by atoms with Gasteiger partial charge in [-0.1, -0.05) is 30.8 Å². The third-order valence-electron chi connectivity index (χ3n) is 4.10.